The average molecular weight is 217 g/mol. The zero-order valence-electron chi connectivity index (χ0n) is 7.58. The van der Waals surface area contributed by atoms with Crippen LogP contribution in [0.1, 0.15) is 0 Å². The van der Waals surface area contributed by atoms with Gasteiger partial charge in [-0.1, -0.05) is 0 Å². The summed E-state index contributed by atoms with van der Waals surface area (Å²) in [6, 6.07) is 0.531. The highest BCUT2D eigenvalue weighted by molar-refractivity contribution is 5.85. The third kappa shape index (κ3) is 6.03. The van der Waals surface area contributed by atoms with Gasteiger partial charge >= 0.3 is 0 Å². The van der Waals surface area contributed by atoms with Crippen LogP contribution in [0.4, 0.5) is 0 Å². The van der Waals surface area contributed by atoms with E-state index >= 15 is 0 Å². The second-order valence-corrected chi connectivity index (χ2v) is 2.99. The van der Waals surface area contributed by atoms with Crippen molar-refractivity contribution in [1.82, 2.24) is 10.2 Å². The van der Waals surface area contributed by atoms with Crippen molar-refractivity contribution in [3.05, 3.63) is 0 Å². The lowest BCUT2D eigenvalue weighted by molar-refractivity contribution is 0.0680. The Hall–Kier alpha value is 0.460. The zero-order valence-corrected chi connectivity index (χ0v) is 9.21. The summed E-state index contributed by atoms with van der Waals surface area (Å²) in [5, 5.41) is 3.38. The van der Waals surface area contributed by atoms with Crippen molar-refractivity contribution in [3.63, 3.8) is 0 Å². The maximum absolute atomic E-state index is 5.29. The molecule has 12 heavy (non-hydrogen) atoms. The molecule has 1 saturated heterocycles. The summed E-state index contributed by atoms with van der Waals surface area (Å²) in [7, 11) is 4.16. The van der Waals surface area contributed by atoms with E-state index in [0.29, 0.717) is 6.04 Å². The maximum atomic E-state index is 5.29. The first-order valence-corrected chi connectivity index (χ1v) is 3.75. The lowest BCUT2D eigenvalue weighted by Crippen LogP contribution is -2.46. The van der Waals surface area contributed by atoms with E-state index in [1.807, 2.05) is 0 Å². The summed E-state index contributed by atoms with van der Waals surface area (Å²) < 4.78 is 5.29. The molecule has 0 aromatic heterocycles. The third-order valence-corrected chi connectivity index (χ3v) is 1.58. The molecule has 0 saturated carbocycles. The van der Waals surface area contributed by atoms with Gasteiger partial charge in [-0.3, -0.25) is 0 Å². The second kappa shape index (κ2) is 8.08. The zero-order chi connectivity index (χ0) is 7.40. The molecule has 76 valence electrons. The molecule has 1 rings (SSSR count). The van der Waals surface area contributed by atoms with E-state index in [1.54, 1.807) is 0 Å². The van der Waals surface area contributed by atoms with Crippen LogP contribution in [0.2, 0.25) is 0 Å². The molecular formula is C7H18Cl2N2O. The Morgan fingerprint density at radius 1 is 1.42 bits per heavy atom. The number of hydrogen-bond donors (Lipinski definition) is 1. The van der Waals surface area contributed by atoms with E-state index in [0.717, 1.165) is 26.3 Å². The highest BCUT2D eigenvalue weighted by Gasteiger charge is 2.12. The van der Waals surface area contributed by atoms with Gasteiger partial charge in [0.05, 0.1) is 13.2 Å². The van der Waals surface area contributed by atoms with Crippen LogP contribution in [0.5, 0.6) is 0 Å². The number of rotatable bonds is 2. The van der Waals surface area contributed by atoms with E-state index in [2.05, 4.69) is 24.3 Å². The molecule has 0 amide bonds. The summed E-state index contributed by atoms with van der Waals surface area (Å²) in [6.45, 7) is 3.79. The molecule has 0 aliphatic carbocycles. The minimum atomic E-state index is 0. The fraction of sp³-hybridized carbons (Fsp3) is 1.00. The van der Waals surface area contributed by atoms with Crippen LogP contribution >= 0.6 is 24.8 Å². The van der Waals surface area contributed by atoms with E-state index in [1.165, 1.54) is 0 Å². The number of ether oxygens (including phenoxy) is 1. The van der Waals surface area contributed by atoms with Gasteiger partial charge in [0.2, 0.25) is 0 Å². The van der Waals surface area contributed by atoms with Gasteiger partial charge in [-0.25, -0.2) is 0 Å². The molecule has 0 aromatic carbocycles. The molecule has 1 heterocycles. The summed E-state index contributed by atoms with van der Waals surface area (Å²) >= 11 is 0. The van der Waals surface area contributed by atoms with Crippen LogP contribution in [0.25, 0.3) is 0 Å². The van der Waals surface area contributed by atoms with Crippen molar-refractivity contribution in [3.8, 4) is 0 Å². The summed E-state index contributed by atoms with van der Waals surface area (Å²) in [5.41, 5.74) is 0. The Balaban J connectivity index is 0. The molecule has 1 aliphatic heterocycles. The van der Waals surface area contributed by atoms with Crippen molar-refractivity contribution in [1.29, 1.82) is 0 Å². The van der Waals surface area contributed by atoms with E-state index in [9.17, 15) is 0 Å². The number of halogens is 2. The highest BCUT2D eigenvalue weighted by Crippen LogP contribution is 1.93. The minimum absolute atomic E-state index is 0. The largest absolute Gasteiger partial charge is 0.378 e. The Labute approximate surface area is 86.7 Å². The van der Waals surface area contributed by atoms with Crippen LogP contribution in [0.15, 0.2) is 0 Å². The lowest BCUT2D eigenvalue weighted by Gasteiger charge is -2.26. The SMILES string of the molecule is CN(C)C[C@@H]1COCCN1.Cl.Cl. The molecule has 0 aromatic rings. The van der Waals surface area contributed by atoms with E-state index in [-0.39, 0.29) is 24.8 Å². The highest BCUT2D eigenvalue weighted by atomic mass is 35.5. The molecule has 3 nitrogen and oxygen atoms in total. The van der Waals surface area contributed by atoms with Gasteiger partial charge in [-0.15, -0.1) is 24.8 Å². The quantitative estimate of drug-likeness (QED) is 0.723. The molecule has 1 atom stereocenters. The van der Waals surface area contributed by atoms with Crippen LogP contribution in [-0.2, 0) is 4.74 Å². The topological polar surface area (TPSA) is 24.5 Å². The predicted octanol–water partition coefficient (Wildman–Crippen LogP) is 0.380. The van der Waals surface area contributed by atoms with E-state index < -0.39 is 0 Å². The van der Waals surface area contributed by atoms with E-state index in [4.69, 9.17) is 4.74 Å². The van der Waals surface area contributed by atoms with Gasteiger partial charge in [0.25, 0.3) is 0 Å². The van der Waals surface area contributed by atoms with Crippen molar-refractivity contribution in [2.24, 2.45) is 0 Å². The predicted molar refractivity (Wildman–Crippen MR) is 55.7 cm³/mol. The standard InChI is InChI=1S/C7H16N2O.2ClH/c1-9(2)5-7-6-10-4-3-8-7;;/h7-8H,3-6H2,1-2H3;2*1H/t7-;;/m1../s1. The average Bonchev–Trinajstić information content (AvgIpc) is 1.88. The van der Waals surface area contributed by atoms with Gasteiger partial charge in [0, 0.05) is 19.1 Å². The molecular weight excluding hydrogens is 199 g/mol. The first kappa shape index (κ1) is 15.0. The van der Waals surface area contributed by atoms with Gasteiger partial charge in [0.15, 0.2) is 0 Å². The second-order valence-electron chi connectivity index (χ2n) is 2.99. The molecule has 0 radical (unpaired) electrons. The Kier molecular flexibility index (Phi) is 10.1. The molecule has 1 aliphatic rings. The summed E-state index contributed by atoms with van der Waals surface area (Å²) in [4.78, 5) is 2.17. The first-order chi connectivity index (χ1) is 4.79. The van der Waals surface area contributed by atoms with Crippen LogP contribution in [-0.4, -0.2) is 51.3 Å². The van der Waals surface area contributed by atoms with Crippen LogP contribution < -0.4 is 5.32 Å². The molecule has 1 N–H and O–H groups in total. The van der Waals surface area contributed by atoms with Crippen molar-refractivity contribution in [2.45, 2.75) is 6.04 Å². The van der Waals surface area contributed by atoms with Crippen LogP contribution in [0.3, 0.4) is 0 Å². The summed E-state index contributed by atoms with van der Waals surface area (Å²) in [5.74, 6) is 0. The van der Waals surface area contributed by atoms with Gasteiger partial charge in [-0.05, 0) is 14.1 Å². The number of nitrogens with one attached hydrogen (secondary N) is 1. The molecule has 1 fully saturated rings. The Morgan fingerprint density at radius 3 is 2.50 bits per heavy atom. The number of nitrogens with zero attached hydrogens (tertiary/aromatic N) is 1. The maximum Gasteiger partial charge on any atom is 0.0632 e. The van der Waals surface area contributed by atoms with Crippen molar-refractivity contribution < 1.29 is 4.74 Å². The fourth-order valence-corrected chi connectivity index (χ4v) is 1.18. The lowest BCUT2D eigenvalue weighted by atomic mass is 10.3. The molecule has 0 bridgehead atoms. The molecule has 5 heteroatoms. The van der Waals surface area contributed by atoms with Crippen molar-refractivity contribution >= 4 is 24.8 Å². The third-order valence-electron chi connectivity index (χ3n) is 1.58. The van der Waals surface area contributed by atoms with Gasteiger partial charge in [-0.2, -0.15) is 0 Å². The molecule has 0 spiro atoms. The first-order valence-electron chi connectivity index (χ1n) is 3.75. The van der Waals surface area contributed by atoms with Gasteiger partial charge < -0.3 is 15.0 Å². The molecule has 0 unspecified atom stereocenters. The number of hydrogen-bond acceptors (Lipinski definition) is 3. The van der Waals surface area contributed by atoms with Crippen LogP contribution in [0, 0.1) is 0 Å². The van der Waals surface area contributed by atoms with Gasteiger partial charge in [0.1, 0.15) is 0 Å². The summed E-state index contributed by atoms with van der Waals surface area (Å²) in [6.07, 6.45) is 0. The smallest absolute Gasteiger partial charge is 0.0632 e. The van der Waals surface area contributed by atoms with Crippen molar-refractivity contribution in [2.75, 3.05) is 40.4 Å². The minimum Gasteiger partial charge on any atom is -0.378 e. The number of morpholine rings is 1. The Bertz CT molecular complexity index is 97.4. The fourth-order valence-electron chi connectivity index (χ4n) is 1.18. The Morgan fingerprint density at radius 2 is 2.08 bits per heavy atom. The normalized spacial score (nSPS) is 22.8. The number of likely N-dealkylation sites (N-methyl/N-ethyl adjacent to an activating group) is 1. The monoisotopic (exact) mass is 216 g/mol.